The molecule has 2 N–H and O–H groups in total. The van der Waals surface area contributed by atoms with Gasteiger partial charge in [-0.05, 0) is 31.0 Å². The third-order valence-electron chi connectivity index (χ3n) is 3.05. The number of nitrogen functional groups attached to an aromatic ring is 1. The Balaban J connectivity index is 2.09. The fraction of sp³-hybridized carbons (Fsp3) is 0.333. The molecule has 0 bridgehead atoms. The Morgan fingerprint density at radius 3 is 2.58 bits per heavy atom. The molecule has 4 nitrogen and oxygen atoms in total. The van der Waals surface area contributed by atoms with Crippen LogP contribution in [0.4, 0.5) is 18.9 Å². The molecule has 1 aromatic carbocycles. The molecule has 7 heteroatoms. The summed E-state index contributed by atoms with van der Waals surface area (Å²) in [5.41, 5.74) is 5.19. The molecule has 1 saturated carbocycles. The molecule has 2 aromatic rings. The molecular weight excluding hydrogens is 257 g/mol. The Hall–Kier alpha value is -2.05. The average Bonchev–Trinajstić information content (AvgIpc) is 3.05. The van der Waals surface area contributed by atoms with E-state index in [0.717, 1.165) is 25.0 Å². The molecule has 1 aromatic heterocycles. The van der Waals surface area contributed by atoms with E-state index in [1.807, 2.05) is 0 Å². The number of nitrogens with zero attached hydrogens (tertiary/aromatic N) is 3. The summed E-state index contributed by atoms with van der Waals surface area (Å²) in [4.78, 5) is 0. The topological polar surface area (TPSA) is 56.7 Å². The molecule has 0 spiro atoms. The van der Waals surface area contributed by atoms with Gasteiger partial charge < -0.3 is 10.3 Å². The summed E-state index contributed by atoms with van der Waals surface area (Å²) >= 11 is 0. The summed E-state index contributed by atoms with van der Waals surface area (Å²) in [5.74, 6) is 0.431. The second kappa shape index (κ2) is 3.97. The van der Waals surface area contributed by atoms with Gasteiger partial charge in [0.25, 0.3) is 0 Å². The van der Waals surface area contributed by atoms with Crippen LogP contribution in [0.3, 0.4) is 0 Å². The zero-order valence-electron chi connectivity index (χ0n) is 9.85. The van der Waals surface area contributed by atoms with Crippen LogP contribution in [-0.2, 0) is 6.18 Å². The molecule has 1 heterocycles. The summed E-state index contributed by atoms with van der Waals surface area (Å²) in [5, 5.41) is 7.67. The molecular formula is C12H11F3N4. The Morgan fingerprint density at radius 2 is 1.95 bits per heavy atom. The minimum atomic E-state index is -4.42. The number of anilines is 1. The van der Waals surface area contributed by atoms with Gasteiger partial charge in [0.05, 0.1) is 5.56 Å². The first kappa shape index (κ1) is 12.0. The first-order valence-corrected chi connectivity index (χ1v) is 5.83. The van der Waals surface area contributed by atoms with Crippen LogP contribution < -0.4 is 5.73 Å². The number of nitrogens with two attached hydrogens (primary N) is 1. The highest BCUT2D eigenvalue weighted by atomic mass is 19.4. The minimum Gasteiger partial charge on any atom is -0.399 e. The van der Waals surface area contributed by atoms with Gasteiger partial charge in [-0.2, -0.15) is 13.2 Å². The molecule has 0 amide bonds. The minimum absolute atomic E-state index is 0.0650. The van der Waals surface area contributed by atoms with Crippen LogP contribution in [-0.4, -0.2) is 14.8 Å². The highest BCUT2D eigenvalue weighted by Crippen LogP contribution is 2.39. The van der Waals surface area contributed by atoms with Crippen molar-refractivity contribution >= 4 is 5.69 Å². The van der Waals surface area contributed by atoms with Gasteiger partial charge in [0.1, 0.15) is 6.33 Å². The number of aromatic nitrogens is 3. The summed E-state index contributed by atoms with van der Waals surface area (Å²) in [6.07, 6.45) is -0.878. The van der Waals surface area contributed by atoms with E-state index < -0.39 is 11.7 Å². The summed E-state index contributed by atoms with van der Waals surface area (Å²) < 4.78 is 40.1. The Bertz CT molecular complexity index is 614. The maximum Gasteiger partial charge on any atom is 0.416 e. The number of hydrogen-bond acceptors (Lipinski definition) is 3. The second-order valence-electron chi connectivity index (χ2n) is 4.63. The van der Waals surface area contributed by atoms with E-state index in [1.54, 1.807) is 10.9 Å². The van der Waals surface area contributed by atoms with E-state index >= 15 is 0 Å². The molecule has 0 unspecified atom stereocenters. The van der Waals surface area contributed by atoms with Crippen LogP contribution in [0.1, 0.15) is 24.4 Å². The number of halogens is 3. The molecule has 3 rings (SSSR count). The van der Waals surface area contributed by atoms with Crippen molar-refractivity contribution in [1.29, 1.82) is 0 Å². The van der Waals surface area contributed by atoms with Gasteiger partial charge in [-0.15, -0.1) is 10.2 Å². The number of rotatable bonds is 2. The van der Waals surface area contributed by atoms with Crippen molar-refractivity contribution in [2.75, 3.05) is 5.73 Å². The molecule has 0 aliphatic heterocycles. The van der Waals surface area contributed by atoms with Crippen molar-refractivity contribution < 1.29 is 13.2 Å². The van der Waals surface area contributed by atoms with E-state index in [2.05, 4.69) is 10.2 Å². The second-order valence-corrected chi connectivity index (χ2v) is 4.63. The van der Waals surface area contributed by atoms with Crippen molar-refractivity contribution in [3.63, 3.8) is 0 Å². The number of alkyl halides is 3. The lowest BCUT2D eigenvalue weighted by atomic mass is 10.1. The normalized spacial score (nSPS) is 15.7. The van der Waals surface area contributed by atoms with Crippen molar-refractivity contribution in [2.24, 2.45) is 0 Å². The van der Waals surface area contributed by atoms with Gasteiger partial charge in [-0.3, -0.25) is 0 Å². The number of benzene rings is 1. The average molecular weight is 268 g/mol. The monoisotopic (exact) mass is 268 g/mol. The predicted molar refractivity (Wildman–Crippen MR) is 63.1 cm³/mol. The molecule has 19 heavy (non-hydrogen) atoms. The van der Waals surface area contributed by atoms with Crippen LogP contribution in [0.25, 0.3) is 11.4 Å². The zero-order chi connectivity index (χ0) is 13.6. The standard InChI is InChI=1S/C12H11F3N4/c13-12(14,15)8-3-7(4-9(16)5-8)11-18-17-6-19(11)10-1-2-10/h3-6,10H,1-2,16H2. The Labute approximate surface area is 107 Å². The van der Waals surface area contributed by atoms with Crippen LogP contribution in [0.2, 0.25) is 0 Å². The van der Waals surface area contributed by atoms with Gasteiger partial charge in [0.2, 0.25) is 0 Å². The third-order valence-corrected chi connectivity index (χ3v) is 3.05. The first-order chi connectivity index (χ1) is 8.95. The quantitative estimate of drug-likeness (QED) is 0.852. The Morgan fingerprint density at radius 1 is 1.21 bits per heavy atom. The van der Waals surface area contributed by atoms with E-state index in [4.69, 9.17) is 5.73 Å². The molecule has 0 saturated heterocycles. The van der Waals surface area contributed by atoms with E-state index in [1.165, 1.54) is 6.07 Å². The van der Waals surface area contributed by atoms with E-state index in [0.29, 0.717) is 17.4 Å². The summed E-state index contributed by atoms with van der Waals surface area (Å²) in [6, 6.07) is 3.75. The molecule has 100 valence electrons. The first-order valence-electron chi connectivity index (χ1n) is 5.83. The van der Waals surface area contributed by atoms with E-state index in [-0.39, 0.29) is 5.69 Å². The lowest BCUT2D eigenvalue weighted by Gasteiger charge is -2.11. The molecule has 0 radical (unpaired) electrons. The van der Waals surface area contributed by atoms with Crippen molar-refractivity contribution in [2.45, 2.75) is 25.1 Å². The van der Waals surface area contributed by atoms with Crippen molar-refractivity contribution in [3.05, 3.63) is 30.1 Å². The fourth-order valence-corrected chi connectivity index (χ4v) is 2.01. The number of hydrogen-bond donors (Lipinski definition) is 1. The zero-order valence-corrected chi connectivity index (χ0v) is 9.85. The largest absolute Gasteiger partial charge is 0.416 e. The van der Waals surface area contributed by atoms with Gasteiger partial charge in [0.15, 0.2) is 5.82 Å². The highest BCUT2D eigenvalue weighted by molar-refractivity contribution is 5.63. The van der Waals surface area contributed by atoms with Gasteiger partial charge in [0, 0.05) is 17.3 Å². The van der Waals surface area contributed by atoms with Gasteiger partial charge in [-0.25, -0.2) is 0 Å². The predicted octanol–water partition coefficient (Wildman–Crippen LogP) is 2.88. The maximum absolute atomic E-state index is 12.8. The summed E-state index contributed by atoms with van der Waals surface area (Å²) in [6.45, 7) is 0. The molecule has 1 aliphatic rings. The third kappa shape index (κ3) is 2.27. The summed E-state index contributed by atoms with van der Waals surface area (Å²) in [7, 11) is 0. The van der Waals surface area contributed by atoms with Crippen molar-refractivity contribution in [1.82, 2.24) is 14.8 Å². The lowest BCUT2D eigenvalue weighted by molar-refractivity contribution is -0.137. The molecule has 0 atom stereocenters. The smallest absolute Gasteiger partial charge is 0.399 e. The van der Waals surface area contributed by atoms with Gasteiger partial charge in [-0.1, -0.05) is 0 Å². The van der Waals surface area contributed by atoms with Crippen LogP contribution in [0.5, 0.6) is 0 Å². The highest BCUT2D eigenvalue weighted by Gasteiger charge is 2.32. The lowest BCUT2D eigenvalue weighted by Crippen LogP contribution is -2.07. The van der Waals surface area contributed by atoms with Crippen LogP contribution in [0, 0.1) is 0 Å². The SMILES string of the molecule is Nc1cc(-c2nncn2C2CC2)cc(C(F)(F)F)c1. The molecule has 1 fully saturated rings. The van der Waals surface area contributed by atoms with Crippen LogP contribution in [0.15, 0.2) is 24.5 Å². The fourth-order valence-electron chi connectivity index (χ4n) is 2.01. The van der Waals surface area contributed by atoms with Crippen molar-refractivity contribution in [3.8, 4) is 11.4 Å². The van der Waals surface area contributed by atoms with Gasteiger partial charge >= 0.3 is 6.18 Å². The van der Waals surface area contributed by atoms with Crippen LogP contribution >= 0.6 is 0 Å². The molecule has 1 aliphatic carbocycles. The Kier molecular flexibility index (Phi) is 2.51. The maximum atomic E-state index is 12.8. The van der Waals surface area contributed by atoms with E-state index in [9.17, 15) is 13.2 Å².